The van der Waals surface area contributed by atoms with Crippen molar-refractivity contribution in [2.24, 2.45) is 0 Å². The quantitative estimate of drug-likeness (QED) is 0.844. The van der Waals surface area contributed by atoms with Crippen molar-refractivity contribution in [1.82, 2.24) is 15.1 Å². The molecule has 1 fully saturated rings. The van der Waals surface area contributed by atoms with E-state index >= 15 is 0 Å². The van der Waals surface area contributed by atoms with Gasteiger partial charge in [0.2, 0.25) is 0 Å². The van der Waals surface area contributed by atoms with Gasteiger partial charge in [-0.2, -0.15) is 10.2 Å². The number of nitrogens with zero attached hydrogens (tertiary/aromatic N) is 3. The molecule has 0 aromatic carbocycles. The van der Waals surface area contributed by atoms with E-state index in [-0.39, 0.29) is 12.2 Å². The first-order valence-corrected chi connectivity index (χ1v) is 8.55. The minimum Gasteiger partial charge on any atom is -0.444 e. The van der Waals surface area contributed by atoms with E-state index in [0.717, 1.165) is 24.1 Å². The number of ether oxygens (including phenoxy) is 2. The Bertz CT molecular complexity index is 575. The van der Waals surface area contributed by atoms with E-state index in [1.807, 2.05) is 27.7 Å². The van der Waals surface area contributed by atoms with E-state index in [1.165, 1.54) is 5.56 Å². The third kappa shape index (κ3) is 4.44. The Morgan fingerprint density at radius 2 is 1.96 bits per heavy atom. The summed E-state index contributed by atoms with van der Waals surface area (Å²) in [7, 11) is 1.68. The van der Waals surface area contributed by atoms with E-state index in [4.69, 9.17) is 9.47 Å². The summed E-state index contributed by atoms with van der Waals surface area (Å²) in [5.74, 6) is 0.367. The van der Waals surface area contributed by atoms with Crippen molar-refractivity contribution in [3.8, 4) is 0 Å². The molecule has 134 valence electrons. The first-order valence-electron chi connectivity index (χ1n) is 8.55. The SMILES string of the molecule is CO[C@H](C)c1nncc(C)c1C1CCN(C(=O)OC(C)(C)C)CC1. The van der Waals surface area contributed by atoms with Crippen LogP contribution in [-0.4, -0.2) is 47.0 Å². The Balaban J connectivity index is 2.09. The average Bonchev–Trinajstić information content (AvgIpc) is 2.52. The molecule has 0 aliphatic carbocycles. The number of carbonyl (C=O) groups excluding carboxylic acids is 1. The largest absolute Gasteiger partial charge is 0.444 e. The Morgan fingerprint density at radius 1 is 1.33 bits per heavy atom. The number of rotatable bonds is 3. The number of piperidine rings is 1. The normalized spacial score (nSPS) is 17.7. The standard InChI is InChI=1S/C18H29N3O3/c1-12-11-19-20-16(13(2)23-6)15(12)14-7-9-21(10-8-14)17(22)24-18(3,4)5/h11,13-14H,7-10H2,1-6H3/t13-/m1/s1. The summed E-state index contributed by atoms with van der Waals surface area (Å²) in [6.45, 7) is 11.1. The highest BCUT2D eigenvalue weighted by molar-refractivity contribution is 5.68. The van der Waals surface area contributed by atoms with Crippen molar-refractivity contribution in [3.05, 3.63) is 23.0 Å². The van der Waals surface area contributed by atoms with Gasteiger partial charge < -0.3 is 14.4 Å². The lowest BCUT2D eigenvalue weighted by atomic mass is 9.85. The minimum atomic E-state index is -0.458. The van der Waals surface area contributed by atoms with Crippen molar-refractivity contribution in [3.63, 3.8) is 0 Å². The first-order chi connectivity index (χ1) is 11.2. The van der Waals surface area contributed by atoms with Crippen LogP contribution in [-0.2, 0) is 9.47 Å². The van der Waals surface area contributed by atoms with Gasteiger partial charge in [0.25, 0.3) is 0 Å². The fourth-order valence-electron chi connectivity index (χ4n) is 3.12. The van der Waals surface area contributed by atoms with Gasteiger partial charge in [-0.1, -0.05) is 0 Å². The summed E-state index contributed by atoms with van der Waals surface area (Å²) < 4.78 is 10.9. The van der Waals surface area contributed by atoms with Crippen LogP contribution in [0.25, 0.3) is 0 Å². The average molecular weight is 335 g/mol. The van der Waals surface area contributed by atoms with Crippen LogP contribution < -0.4 is 0 Å². The zero-order valence-electron chi connectivity index (χ0n) is 15.6. The molecule has 24 heavy (non-hydrogen) atoms. The van der Waals surface area contributed by atoms with Crippen molar-refractivity contribution >= 4 is 6.09 Å². The molecule has 0 saturated carbocycles. The van der Waals surface area contributed by atoms with Crippen molar-refractivity contribution < 1.29 is 14.3 Å². The zero-order valence-corrected chi connectivity index (χ0v) is 15.6. The number of carbonyl (C=O) groups is 1. The van der Waals surface area contributed by atoms with Crippen LogP contribution in [0.3, 0.4) is 0 Å². The Labute approximate surface area is 144 Å². The van der Waals surface area contributed by atoms with Gasteiger partial charge in [0, 0.05) is 20.2 Å². The maximum atomic E-state index is 12.2. The molecule has 6 heteroatoms. The Kier molecular flexibility index (Phi) is 5.80. The predicted octanol–water partition coefficient (Wildman–Crippen LogP) is 3.61. The monoisotopic (exact) mass is 335 g/mol. The van der Waals surface area contributed by atoms with Crippen molar-refractivity contribution in [2.75, 3.05) is 20.2 Å². The molecule has 0 bridgehead atoms. The smallest absolute Gasteiger partial charge is 0.410 e. The molecule has 0 radical (unpaired) electrons. The zero-order chi connectivity index (χ0) is 17.9. The minimum absolute atomic E-state index is 0.0868. The van der Waals surface area contributed by atoms with Crippen LogP contribution in [0.2, 0.25) is 0 Å². The molecule has 1 atom stereocenters. The van der Waals surface area contributed by atoms with E-state index in [2.05, 4.69) is 17.1 Å². The van der Waals surface area contributed by atoms with Gasteiger partial charge in [0.15, 0.2) is 0 Å². The highest BCUT2D eigenvalue weighted by atomic mass is 16.6. The van der Waals surface area contributed by atoms with Gasteiger partial charge in [-0.05, 0) is 64.5 Å². The van der Waals surface area contributed by atoms with Gasteiger partial charge in [-0.25, -0.2) is 4.79 Å². The molecule has 1 amide bonds. The molecule has 2 rings (SSSR count). The van der Waals surface area contributed by atoms with Gasteiger partial charge in [0.1, 0.15) is 5.60 Å². The van der Waals surface area contributed by atoms with Crippen LogP contribution in [0.5, 0.6) is 0 Å². The van der Waals surface area contributed by atoms with E-state index in [9.17, 15) is 4.79 Å². The molecular weight excluding hydrogens is 306 g/mol. The fraction of sp³-hybridized carbons (Fsp3) is 0.722. The van der Waals surface area contributed by atoms with Crippen LogP contribution in [0, 0.1) is 6.92 Å². The molecule has 0 spiro atoms. The summed E-state index contributed by atoms with van der Waals surface area (Å²) in [5.41, 5.74) is 2.82. The second-order valence-corrected chi connectivity index (χ2v) is 7.45. The molecule has 0 N–H and O–H groups in total. The number of likely N-dealkylation sites (tertiary alicyclic amines) is 1. The summed E-state index contributed by atoms with van der Waals surface area (Å²) >= 11 is 0. The topological polar surface area (TPSA) is 64.6 Å². The molecule has 6 nitrogen and oxygen atoms in total. The van der Waals surface area contributed by atoms with Crippen molar-refractivity contribution in [2.45, 2.75) is 65.1 Å². The molecule has 0 unspecified atom stereocenters. The van der Waals surface area contributed by atoms with Gasteiger partial charge in [-0.15, -0.1) is 0 Å². The van der Waals surface area contributed by atoms with Crippen LogP contribution in [0.15, 0.2) is 6.20 Å². The Hall–Kier alpha value is -1.69. The number of amides is 1. The van der Waals surface area contributed by atoms with Crippen LogP contribution >= 0.6 is 0 Å². The third-order valence-corrected chi connectivity index (χ3v) is 4.41. The van der Waals surface area contributed by atoms with Crippen LogP contribution in [0.4, 0.5) is 4.79 Å². The van der Waals surface area contributed by atoms with Crippen LogP contribution in [0.1, 0.15) is 69.4 Å². The van der Waals surface area contributed by atoms with Gasteiger partial charge >= 0.3 is 6.09 Å². The summed E-state index contributed by atoms with van der Waals surface area (Å²) in [4.78, 5) is 14.0. The molecule has 1 aromatic rings. The molecule has 1 aliphatic heterocycles. The summed E-state index contributed by atoms with van der Waals surface area (Å²) in [6, 6.07) is 0. The lowest BCUT2D eigenvalue weighted by molar-refractivity contribution is 0.0203. The molecule has 2 heterocycles. The molecule has 1 aliphatic rings. The van der Waals surface area contributed by atoms with E-state index in [1.54, 1.807) is 18.2 Å². The highest BCUT2D eigenvalue weighted by Gasteiger charge is 2.30. The molecule has 1 aromatic heterocycles. The number of aryl methyl sites for hydroxylation is 1. The maximum absolute atomic E-state index is 12.2. The fourth-order valence-corrected chi connectivity index (χ4v) is 3.12. The van der Waals surface area contributed by atoms with E-state index < -0.39 is 5.60 Å². The number of hydrogen-bond donors (Lipinski definition) is 0. The Morgan fingerprint density at radius 3 is 2.50 bits per heavy atom. The predicted molar refractivity (Wildman–Crippen MR) is 92.0 cm³/mol. The van der Waals surface area contributed by atoms with Crippen molar-refractivity contribution in [1.29, 1.82) is 0 Å². The number of hydrogen-bond acceptors (Lipinski definition) is 5. The summed E-state index contributed by atoms with van der Waals surface area (Å²) in [6.07, 6.45) is 3.29. The first kappa shape index (κ1) is 18.6. The lowest BCUT2D eigenvalue weighted by Crippen LogP contribution is -2.41. The lowest BCUT2D eigenvalue weighted by Gasteiger charge is -2.34. The molecule has 1 saturated heterocycles. The second kappa shape index (κ2) is 7.47. The summed E-state index contributed by atoms with van der Waals surface area (Å²) in [5, 5.41) is 8.39. The number of methoxy groups -OCH3 is 1. The second-order valence-electron chi connectivity index (χ2n) is 7.45. The molecular formula is C18H29N3O3. The van der Waals surface area contributed by atoms with Gasteiger partial charge in [-0.3, -0.25) is 0 Å². The highest BCUT2D eigenvalue weighted by Crippen LogP contribution is 2.34. The maximum Gasteiger partial charge on any atom is 0.410 e. The number of aromatic nitrogens is 2. The van der Waals surface area contributed by atoms with E-state index in [0.29, 0.717) is 19.0 Å². The van der Waals surface area contributed by atoms with Gasteiger partial charge in [0.05, 0.1) is 18.0 Å². The third-order valence-electron chi connectivity index (χ3n) is 4.41.